The molecule has 0 atom stereocenters. The number of aromatic amines is 2. The number of fused-ring (bicyclic) bond motifs is 2. The average Bonchev–Trinajstić information content (AvgIpc) is 3.43. The number of aromatic nitrogens is 5. The molecule has 5 aromatic rings. The van der Waals surface area contributed by atoms with Crippen LogP contribution in [0.4, 0.5) is 0 Å². The predicted molar refractivity (Wildman–Crippen MR) is 120 cm³/mol. The van der Waals surface area contributed by atoms with Crippen molar-refractivity contribution in [2.24, 2.45) is 0 Å². The summed E-state index contributed by atoms with van der Waals surface area (Å²) in [6.45, 7) is 1.89. The second-order valence-electron chi connectivity index (χ2n) is 7.53. The zero-order valence-electron chi connectivity index (χ0n) is 16.3. The highest BCUT2D eigenvalue weighted by molar-refractivity contribution is 6.00. The molecule has 0 aliphatic carbocycles. The van der Waals surface area contributed by atoms with Crippen LogP contribution in [0.1, 0.15) is 12.1 Å². The minimum Gasteiger partial charge on any atom is -0.353 e. The Morgan fingerprint density at radius 2 is 1.87 bits per heavy atom. The van der Waals surface area contributed by atoms with Gasteiger partial charge in [0.25, 0.3) is 0 Å². The van der Waals surface area contributed by atoms with Crippen LogP contribution >= 0.6 is 0 Å². The van der Waals surface area contributed by atoms with Crippen LogP contribution in [-0.4, -0.2) is 38.2 Å². The molecule has 6 nitrogen and oxygen atoms in total. The van der Waals surface area contributed by atoms with Crippen molar-refractivity contribution >= 4 is 27.5 Å². The highest BCUT2D eigenvalue weighted by Crippen LogP contribution is 2.33. The van der Waals surface area contributed by atoms with Gasteiger partial charge in [-0.1, -0.05) is 18.2 Å². The number of rotatable bonds is 3. The van der Waals surface area contributed by atoms with Crippen LogP contribution in [0.5, 0.6) is 0 Å². The molecule has 0 saturated carbocycles. The van der Waals surface area contributed by atoms with Crippen LogP contribution < -0.4 is 5.32 Å². The molecule has 0 saturated heterocycles. The Bertz CT molecular complexity index is 1390. The van der Waals surface area contributed by atoms with Gasteiger partial charge in [0.1, 0.15) is 11.2 Å². The van der Waals surface area contributed by atoms with Gasteiger partial charge in [-0.2, -0.15) is 5.10 Å². The first-order chi connectivity index (χ1) is 14.9. The number of pyridine rings is 2. The number of nitrogens with one attached hydrogen (secondary N) is 3. The third kappa shape index (κ3) is 2.81. The molecule has 0 fully saturated rings. The molecule has 0 amide bonds. The molecule has 6 heteroatoms. The van der Waals surface area contributed by atoms with Crippen LogP contribution in [0.25, 0.3) is 50.0 Å². The van der Waals surface area contributed by atoms with Crippen molar-refractivity contribution in [3.8, 4) is 22.5 Å². The lowest BCUT2D eigenvalue weighted by Gasteiger charge is -2.13. The Balaban J connectivity index is 1.50. The molecule has 0 radical (unpaired) electrons. The number of H-pyrrole nitrogens is 2. The van der Waals surface area contributed by atoms with Crippen LogP contribution in [-0.2, 0) is 0 Å². The van der Waals surface area contributed by atoms with E-state index in [9.17, 15) is 0 Å². The van der Waals surface area contributed by atoms with Gasteiger partial charge in [0.05, 0.1) is 16.9 Å². The van der Waals surface area contributed by atoms with Crippen molar-refractivity contribution in [1.29, 1.82) is 0 Å². The van der Waals surface area contributed by atoms with E-state index in [1.807, 2.05) is 24.5 Å². The molecule has 0 bridgehead atoms. The molecule has 30 heavy (non-hydrogen) atoms. The van der Waals surface area contributed by atoms with E-state index in [0.29, 0.717) is 0 Å². The maximum Gasteiger partial charge on any atom is 0.135 e. The van der Waals surface area contributed by atoms with Crippen molar-refractivity contribution in [3.05, 3.63) is 72.7 Å². The van der Waals surface area contributed by atoms with Crippen LogP contribution in [0, 0.1) is 0 Å². The van der Waals surface area contributed by atoms with Crippen LogP contribution in [0.15, 0.2) is 67.0 Å². The second kappa shape index (κ2) is 6.93. The summed E-state index contributed by atoms with van der Waals surface area (Å²) in [6.07, 6.45) is 6.86. The van der Waals surface area contributed by atoms with E-state index in [4.69, 9.17) is 4.98 Å². The lowest BCUT2D eigenvalue weighted by Crippen LogP contribution is -2.20. The maximum absolute atomic E-state index is 4.97. The van der Waals surface area contributed by atoms with E-state index in [1.165, 1.54) is 11.1 Å². The Morgan fingerprint density at radius 3 is 2.73 bits per heavy atom. The monoisotopic (exact) mass is 392 g/mol. The zero-order valence-corrected chi connectivity index (χ0v) is 16.3. The van der Waals surface area contributed by atoms with Gasteiger partial charge in [0.2, 0.25) is 0 Å². The van der Waals surface area contributed by atoms with E-state index in [2.05, 4.69) is 68.0 Å². The van der Waals surface area contributed by atoms with E-state index in [1.54, 1.807) is 0 Å². The quantitative estimate of drug-likeness (QED) is 0.421. The number of nitrogens with zero attached hydrogens (tertiary/aromatic N) is 3. The molecule has 5 heterocycles. The topological polar surface area (TPSA) is 82.3 Å². The first kappa shape index (κ1) is 17.1. The molecule has 0 unspecified atom stereocenters. The fourth-order valence-corrected chi connectivity index (χ4v) is 4.19. The first-order valence-electron chi connectivity index (χ1n) is 10.1. The van der Waals surface area contributed by atoms with Gasteiger partial charge in [-0.3, -0.25) is 10.1 Å². The largest absolute Gasteiger partial charge is 0.353 e. The SMILES string of the molecule is C1=C(c2ccc3[nH]nc(-c4cc5c(-c6ccncc6)cccc5[nH]4)c3n2)CCNC1. The third-order valence-corrected chi connectivity index (χ3v) is 5.71. The molecule has 1 aliphatic rings. The highest BCUT2D eigenvalue weighted by atomic mass is 15.1. The molecule has 0 spiro atoms. The lowest BCUT2D eigenvalue weighted by molar-refractivity contribution is 0.737. The van der Waals surface area contributed by atoms with Crippen molar-refractivity contribution in [2.75, 3.05) is 13.1 Å². The van der Waals surface area contributed by atoms with Crippen molar-refractivity contribution in [2.45, 2.75) is 6.42 Å². The highest BCUT2D eigenvalue weighted by Gasteiger charge is 2.16. The van der Waals surface area contributed by atoms with Crippen LogP contribution in [0.3, 0.4) is 0 Å². The molecule has 3 N–H and O–H groups in total. The summed E-state index contributed by atoms with van der Waals surface area (Å²) in [5.74, 6) is 0. The number of hydrogen-bond acceptors (Lipinski definition) is 4. The fourth-order valence-electron chi connectivity index (χ4n) is 4.19. The zero-order chi connectivity index (χ0) is 19.9. The summed E-state index contributed by atoms with van der Waals surface area (Å²) in [4.78, 5) is 12.6. The van der Waals surface area contributed by atoms with Gasteiger partial charge >= 0.3 is 0 Å². The van der Waals surface area contributed by atoms with Gasteiger partial charge < -0.3 is 10.3 Å². The van der Waals surface area contributed by atoms with E-state index >= 15 is 0 Å². The van der Waals surface area contributed by atoms with Gasteiger partial charge in [0.15, 0.2) is 0 Å². The van der Waals surface area contributed by atoms with E-state index < -0.39 is 0 Å². The fraction of sp³-hybridized carbons (Fsp3) is 0.125. The van der Waals surface area contributed by atoms with Gasteiger partial charge in [0, 0.05) is 29.8 Å². The summed E-state index contributed by atoms with van der Waals surface area (Å²) in [5.41, 5.74) is 9.35. The van der Waals surface area contributed by atoms with Gasteiger partial charge in [-0.05, 0) is 66.1 Å². The van der Waals surface area contributed by atoms with Crippen molar-refractivity contribution < 1.29 is 0 Å². The molecular weight excluding hydrogens is 372 g/mol. The molecule has 6 rings (SSSR count). The maximum atomic E-state index is 4.97. The van der Waals surface area contributed by atoms with Crippen molar-refractivity contribution in [1.82, 2.24) is 30.5 Å². The Hall–Kier alpha value is -3.77. The van der Waals surface area contributed by atoms with E-state index in [0.717, 1.165) is 64.1 Å². The normalized spacial score (nSPS) is 14.3. The Kier molecular flexibility index (Phi) is 3.95. The Labute approximate surface area is 173 Å². The minimum absolute atomic E-state index is 0.846. The molecule has 1 aliphatic heterocycles. The molecular formula is C24H20N6. The summed E-state index contributed by atoms with van der Waals surface area (Å²) < 4.78 is 0. The molecule has 4 aromatic heterocycles. The summed E-state index contributed by atoms with van der Waals surface area (Å²) >= 11 is 0. The minimum atomic E-state index is 0.846. The second-order valence-corrected chi connectivity index (χ2v) is 7.53. The molecule has 146 valence electrons. The molecule has 1 aromatic carbocycles. The Morgan fingerprint density at radius 1 is 0.933 bits per heavy atom. The predicted octanol–water partition coefficient (Wildman–Crippen LogP) is 4.54. The van der Waals surface area contributed by atoms with Gasteiger partial charge in [-0.25, -0.2) is 4.98 Å². The van der Waals surface area contributed by atoms with Crippen molar-refractivity contribution in [3.63, 3.8) is 0 Å². The smallest absolute Gasteiger partial charge is 0.135 e. The lowest BCUT2D eigenvalue weighted by atomic mass is 10.0. The van der Waals surface area contributed by atoms with E-state index in [-0.39, 0.29) is 0 Å². The van der Waals surface area contributed by atoms with Gasteiger partial charge in [-0.15, -0.1) is 0 Å². The first-order valence-corrected chi connectivity index (χ1v) is 10.1. The number of hydrogen-bond donors (Lipinski definition) is 3. The third-order valence-electron chi connectivity index (χ3n) is 5.71. The summed E-state index contributed by atoms with van der Waals surface area (Å²) in [7, 11) is 0. The van der Waals surface area contributed by atoms with Crippen LogP contribution in [0.2, 0.25) is 0 Å². The number of benzene rings is 1. The summed E-state index contributed by atoms with van der Waals surface area (Å²) in [6, 6.07) is 16.7. The summed E-state index contributed by atoms with van der Waals surface area (Å²) in [5, 5.41) is 12.2. The standard InChI is InChI=1S/C24H20N6/c1-2-17(15-6-10-25-11-7-15)18-14-22(27-20(18)3-1)24-23-21(29-30-24)5-4-19(28-23)16-8-12-26-13-9-16/h1-8,10-11,14,26-27H,9,12-13H2,(H,29,30). The average molecular weight is 392 g/mol.